The molecule has 2 aromatic rings. The van der Waals surface area contributed by atoms with E-state index >= 15 is 0 Å². The van der Waals surface area contributed by atoms with E-state index in [9.17, 15) is 0 Å². The average Bonchev–Trinajstić information content (AvgIpc) is 2.89. The van der Waals surface area contributed by atoms with Crippen molar-refractivity contribution in [2.45, 2.75) is 6.42 Å². The first-order valence-corrected chi connectivity index (χ1v) is 5.55. The van der Waals surface area contributed by atoms with Crippen LogP contribution in [0.25, 0.3) is 11.3 Å². The Hall–Kier alpha value is -2.05. The van der Waals surface area contributed by atoms with Gasteiger partial charge in [-0.1, -0.05) is 17.0 Å². The number of hydrogen-bond acceptors (Lipinski definition) is 3. The van der Waals surface area contributed by atoms with Gasteiger partial charge < -0.3 is 9.84 Å². The van der Waals surface area contributed by atoms with Crippen molar-refractivity contribution in [3.05, 3.63) is 42.1 Å². The van der Waals surface area contributed by atoms with Gasteiger partial charge in [0.05, 0.1) is 6.20 Å². The molecule has 0 amide bonds. The van der Waals surface area contributed by atoms with E-state index in [1.54, 1.807) is 6.20 Å². The van der Waals surface area contributed by atoms with E-state index in [0.717, 1.165) is 29.9 Å². The van der Waals surface area contributed by atoms with Crippen LogP contribution in [0.1, 0.15) is 12.0 Å². The Balaban J connectivity index is 2.05. The third kappa shape index (κ3) is 3.20. The predicted octanol–water partition coefficient (Wildman–Crippen LogP) is 2.30. The lowest BCUT2D eigenvalue weighted by molar-refractivity contribution is 0.432. The number of aromatic nitrogens is 1. The van der Waals surface area contributed by atoms with Crippen molar-refractivity contribution in [2.75, 3.05) is 13.6 Å². The van der Waals surface area contributed by atoms with Crippen molar-refractivity contribution in [3.8, 4) is 23.2 Å². The van der Waals surface area contributed by atoms with Gasteiger partial charge >= 0.3 is 0 Å². The highest BCUT2D eigenvalue weighted by molar-refractivity contribution is 5.58. The molecule has 0 aliphatic carbocycles. The molecule has 0 fully saturated rings. The highest BCUT2D eigenvalue weighted by atomic mass is 16.5. The standard InChI is InChI=1S/C14H14N2O/c1-15-10-3-2-4-12-5-7-13(8-6-12)14-9-11-16-17-14/h5-9,11,15H,3,10H2,1H3. The van der Waals surface area contributed by atoms with Crippen molar-refractivity contribution < 1.29 is 4.52 Å². The SMILES string of the molecule is CNCCC#Cc1ccc(-c2ccno2)cc1. The molecule has 86 valence electrons. The zero-order chi connectivity index (χ0) is 11.9. The van der Waals surface area contributed by atoms with Crippen molar-refractivity contribution in [1.29, 1.82) is 0 Å². The van der Waals surface area contributed by atoms with Gasteiger partial charge in [0.1, 0.15) is 0 Å². The molecule has 1 N–H and O–H groups in total. The maximum atomic E-state index is 5.08. The average molecular weight is 226 g/mol. The lowest BCUT2D eigenvalue weighted by Gasteiger charge is -1.95. The fourth-order valence-electron chi connectivity index (χ4n) is 1.43. The van der Waals surface area contributed by atoms with Crippen molar-refractivity contribution >= 4 is 0 Å². The maximum absolute atomic E-state index is 5.08. The van der Waals surface area contributed by atoms with E-state index in [-0.39, 0.29) is 0 Å². The lowest BCUT2D eigenvalue weighted by Crippen LogP contribution is -2.05. The van der Waals surface area contributed by atoms with Gasteiger partial charge in [-0.25, -0.2) is 0 Å². The molecule has 3 heteroatoms. The first-order chi connectivity index (χ1) is 8.40. The number of benzene rings is 1. The Labute approximate surface area is 101 Å². The smallest absolute Gasteiger partial charge is 0.166 e. The molecule has 0 saturated carbocycles. The molecule has 1 aromatic heterocycles. The second kappa shape index (κ2) is 5.88. The van der Waals surface area contributed by atoms with Crippen LogP contribution < -0.4 is 5.32 Å². The summed E-state index contributed by atoms with van der Waals surface area (Å²) in [7, 11) is 1.92. The molecule has 2 rings (SSSR count). The van der Waals surface area contributed by atoms with Crippen LogP contribution in [0.4, 0.5) is 0 Å². The fraction of sp³-hybridized carbons (Fsp3) is 0.214. The zero-order valence-corrected chi connectivity index (χ0v) is 9.73. The molecule has 0 unspecified atom stereocenters. The van der Waals surface area contributed by atoms with Gasteiger partial charge in [0.25, 0.3) is 0 Å². The van der Waals surface area contributed by atoms with Gasteiger partial charge in [-0.05, 0) is 31.3 Å². The molecule has 0 bridgehead atoms. The Bertz CT molecular complexity index is 503. The first kappa shape index (κ1) is 11.4. The monoisotopic (exact) mass is 226 g/mol. The van der Waals surface area contributed by atoms with Gasteiger partial charge in [-0.15, -0.1) is 0 Å². The molecule has 3 nitrogen and oxygen atoms in total. The molecule has 0 radical (unpaired) electrons. The van der Waals surface area contributed by atoms with E-state index < -0.39 is 0 Å². The molecule has 0 saturated heterocycles. The lowest BCUT2D eigenvalue weighted by atomic mass is 10.1. The predicted molar refractivity (Wildman–Crippen MR) is 67.4 cm³/mol. The van der Waals surface area contributed by atoms with Gasteiger partial charge in [-0.2, -0.15) is 0 Å². The Morgan fingerprint density at radius 3 is 2.71 bits per heavy atom. The van der Waals surface area contributed by atoms with Gasteiger partial charge in [0.15, 0.2) is 5.76 Å². The summed E-state index contributed by atoms with van der Waals surface area (Å²) in [6, 6.07) is 9.80. The quantitative estimate of drug-likeness (QED) is 0.644. The molecule has 0 aliphatic heterocycles. The third-order valence-electron chi connectivity index (χ3n) is 2.34. The highest BCUT2D eigenvalue weighted by Gasteiger charge is 1.99. The summed E-state index contributed by atoms with van der Waals surface area (Å²) in [5.74, 6) is 7.00. The summed E-state index contributed by atoms with van der Waals surface area (Å²) >= 11 is 0. The summed E-state index contributed by atoms with van der Waals surface area (Å²) in [6.45, 7) is 0.920. The molecule has 1 heterocycles. The number of hydrogen-bond donors (Lipinski definition) is 1. The minimum absolute atomic E-state index is 0.777. The first-order valence-electron chi connectivity index (χ1n) is 5.55. The van der Waals surface area contributed by atoms with Crippen molar-refractivity contribution in [2.24, 2.45) is 0 Å². The summed E-state index contributed by atoms with van der Waals surface area (Å²) < 4.78 is 5.08. The second-order valence-corrected chi connectivity index (χ2v) is 3.61. The molecular weight excluding hydrogens is 212 g/mol. The van der Waals surface area contributed by atoms with E-state index in [0.29, 0.717) is 0 Å². The minimum atomic E-state index is 0.777. The molecule has 17 heavy (non-hydrogen) atoms. The zero-order valence-electron chi connectivity index (χ0n) is 9.73. The number of nitrogens with one attached hydrogen (secondary N) is 1. The molecule has 0 atom stereocenters. The molecule has 0 spiro atoms. The van der Waals surface area contributed by atoms with Gasteiger partial charge in [0.2, 0.25) is 0 Å². The molecule has 1 aromatic carbocycles. The van der Waals surface area contributed by atoms with Crippen LogP contribution in [-0.4, -0.2) is 18.7 Å². The topological polar surface area (TPSA) is 38.1 Å². The van der Waals surface area contributed by atoms with Crippen LogP contribution in [0.3, 0.4) is 0 Å². The number of nitrogens with zero attached hydrogens (tertiary/aromatic N) is 1. The normalized spacial score (nSPS) is 9.71. The van der Waals surface area contributed by atoms with E-state index in [1.807, 2.05) is 37.4 Å². The fourth-order valence-corrected chi connectivity index (χ4v) is 1.43. The summed E-state index contributed by atoms with van der Waals surface area (Å²) in [6.07, 6.45) is 2.50. The Kier molecular flexibility index (Phi) is 3.95. The van der Waals surface area contributed by atoms with Crippen LogP contribution in [0, 0.1) is 11.8 Å². The second-order valence-electron chi connectivity index (χ2n) is 3.61. The third-order valence-corrected chi connectivity index (χ3v) is 2.34. The largest absolute Gasteiger partial charge is 0.356 e. The maximum Gasteiger partial charge on any atom is 0.166 e. The van der Waals surface area contributed by atoms with Crippen LogP contribution in [0.2, 0.25) is 0 Å². The summed E-state index contributed by atoms with van der Waals surface area (Å²) in [5.41, 5.74) is 2.03. The number of rotatable bonds is 3. The van der Waals surface area contributed by atoms with Crippen LogP contribution in [0.15, 0.2) is 41.1 Å². The van der Waals surface area contributed by atoms with Crippen molar-refractivity contribution in [3.63, 3.8) is 0 Å². The Morgan fingerprint density at radius 1 is 1.24 bits per heavy atom. The van der Waals surface area contributed by atoms with Crippen molar-refractivity contribution in [1.82, 2.24) is 10.5 Å². The minimum Gasteiger partial charge on any atom is -0.356 e. The molecular formula is C14H14N2O. The Morgan fingerprint density at radius 2 is 2.06 bits per heavy atom. The van der Waals surface area contributed by atoms with E-state index in [2.05, 4.69) is 22.3 Å². The van der Waals surface area contributed by atoms with Gasteiger partial charge in [0, 0.05) is 30.2 Å². The van der Waals surface area contributed by atoms with Crippen LogP contribution >= 0.6 is 0 Å². The van der Waals surface area contributed by atoms with Crippen LogP contribution in [0.5, 0.6) is 0 Å². The van der Waals surface area contributed by atoms with Crippen LogP contribution in [-0.2, 0) is 0 Å². The van der Waals surface area contributed by atoms with E-state index in [1.165, 1.54) is 0 Å². The highest BCUT2D eigenvalue weighted by Crippen LogP contribution is 2.18. The van der Waals surface area contributed by atoms with E-state index in [4.69, 9.17) is 4.52 Å². The van der Waals surface area contributed by atoms with Gasteiger partial charge in [-0.3, -0.25) is 0 Å². The summed E-state index contributed by atoms with van der Waals surface area (Å²) in [5, 5.41) is 6.74. The summed E-state index contributed by atoms with van der Waals surface area (Å²) in [4.78, 5) is 0. The molecule has 0 aliphatic rings.